The number of hydrogen-bond donors (Lipinski definition) is 1. The van der Waals surface area contributed by atoms with E-state index in [0.29, 0.717) is 5.57 Å². The van der Waals surface area contributed by atoms with Crippen molar-refractivity contribution in [1.82, 2.24) is 5.32 Å². The molecule has 0 aliphatic carbocycles. The molecule has 2 atom stereocenters. The van der Waals surface area contributed by atoms with Crippen LogP contribution >= 0.6 is 0 Å². The van der Waals surface area contributed by atoms with E-state index in [0.717, 1.165) is 6.08 Å². The van der Waals surface area contributed by atoms with Crippen molar-refractivity contribution in [2.75, 3.05) is 14.2 Å². The van der Waals surface area contributed by atoms with Crippen LogP contribution in [-0.4, -0.2) is 31.4 Å². The number of allylic oxidation sites excluding steroid dienone is 2. The highest BCUT2D eigenvalue weighted by Gasteiger charge is 2.19. The smallest absolute Gasteiger partial charge is 0.242 e. The predicted octanol–water partition coefficient (Wildman–Crippen LogP) is 1.64. The third-order valence-electron chi connectivity index (χ3n) is 2.13. The maximum atomic E-state index is 13.7. The molecule has 0 heterocycles. The molecule has 0 amide bonds. The molecule has 92 valence electrons. The van der Waals surface area contributed by atoms with Gasteiger partial charge in [-0.1, -0.05) is 0 Å². The molecule has 0 aliphatic heterocycles. The van der Waals surface area contributed by atoms with Crippen LogP contribution in [0, 0.1) is 10.1 Å². The third kappa shape index (κ3) is 4.39. The first kappa shape index (κ1) is 14.6. The van der Waals surface area contributed by atoms with Crippen LogP contribution in [0.1, 0.15) is 13.8 Å². The Hall–Kier alpha value is -1.43. The Bertz CT molecular complexity index is 302. The summed E-state index contributed by atoms with van der Waals surface area (Å²) in [4.78, 5) is 9.73. The number of methoxy groups -OCH3 is 1. The molecule has 0 bridgehead atoms. The molecule has 0 aliphatic rings. The summed E-state index contributed by atoms with van der Waals surface area (Å²) in [6, 6.07) is 0. The number of nitrogens with one attached hydrogen (secondary N) is 1. The van der Waals surface area contributed by atoms with Gasteiger partial charge in [-0.2, -0.15) is 0 Å². The van der Waals surface area contributed by atoms with Crippen LogP contribution in [0.5, 0.6) is 0 Å². The summed E-state index contributed by atoms with van der Waals surface area (Å²) in [6.45, 7) is 2.92. The average molecular weight is 232 g/mol. The van der Waals surface area contributed by atoms with Crippen molar-refractivity contribution >= 4 is 0 Å². The van der Waals surface area contributed by atoms with E-state index in [1.165, 1.54) is 20.2 Å². The van der Waals surface area contributed by atoms with E-state index in [2.05, 4.69) is 5.32 Å². The molecule has 0 aromatic carbocycles. The topological polar surface area (TPSA) is 64.4 Å². The second-order valence-corrected chi connectivity index (χ2v) is 3.28. The Morgan fingerprint density at radius 3 is 2.56 bits per heavy atom. The summed E-state index contributed by atoms with van der Waals surface area (Å²) >= 11 is 0. The van der Waals surface area contributed by atoms with Crippen LogP contribution < -0.4 is 5.32 Å². The lowest BCUT2D eigenvalue weighted by Crippen LogP contribution is -2.20. The molecule has 0 saturated heterocycles. The van der Waals surface area contributed by atoms with Gasteiger partial charge in [-0.05, 0) is 6.92 Å². The lowest BCUT2D eigenvalue weighted by atomic mass is 10.1. The number of halogens is 1. The number of rotatable bonds is 6. The van der Waals surface area contributed by atoms with Gasteiger partial charge in [0.25, 0.3) is 0 Å². The molecule has 2 unspecified atom stereocenters. The molecule has 0 spiro atoms. The molecular formula is C10H17FN2O3. The predicted molar refractivity (Wildman–Crippen MR) is 59.3 cm³/mol. The summed E-state index contributed by atoms with van der Waals surface area (Å²) < 4.78 is 18.7. The van der Waals surface area contributed by atoms with E-state index in [1.54, 1.807) is 14.0 Å². The highest BCUT2D eigenvalue weighted by Crippen LogP contribution is 2.16. The Kier molecular flexibility index (Phi) is 6.32. The molecular weight excluding hydrogens is 215 g/mol. The first-order valence-corrected chi connectivity index (χ1v) is 4.80. The van der Waals surface area contributed by atoms with Gasteiger partial charge >= 0.3 is 0 Å². The minimum atomic E-state index is -1.53. The van der Waals surface area contributed by atoms with Gasteiger partial charge in [-0.15, -0.1) is 0 Å². The van der Waals surface area contributed by atoms with Gasteiger partial charge in [0, 0.05) is 38.9 Å². The van der Waals surface area contributed by atoms with E-state index < -0.39 is 17.2 Å². The highest BCUT2D eigenvalue weighted by atomic mass is 19.1. The third-order valence-corrected chi connectivity index (χ3v) is 2.13. The van der Waals surface area contributed by atoms with Crippen molar-refractivity contribution < 1.29 is 14.1 Å². The molecule has 1 N–H and O–H groups in total. The number of nitro groups is 1. The van der Waals surface area contributed by atoms with Crippen LogP contribution in [0.25, 0.3) is 0 Å². The fourth-order valence-electron chi connectivity index (χ4n) is 1.09. The monoisotopic (exact) mass is 232 g/mol. The summed E-state index contributed by atoms with van der Waals surface area (Å²) in [7, 11) is 3.07. The highest BCUT2D eigenvalue weighted by molar-refractivity contribution is 5.19. The minimum Gasteiger partial charge on any atom is -0.394 e. The van der Waals surface area contributed by atoms with Gasteiger partial charge in [0.2, 0.25) is 5.70 Å². The van der Waals surface area contributed by atoms with E-state index >= 15 is 0 Å². The maximum Gasteiger partial charge on any atom is 0.242 e. The summed E-state index contributed by atoms with van der Waals surface area (Å²) in [5.41, 5.74) is 0.0870. The molecule has 6 heteroatoms. The number of hydrogen-bond acceptors (Lipinski definition) is 4. The van der Waals surface area contributed by atoms with Crippen LogP contribution in [-0.2, 0) is 4.74 Å². The fraction of sp³-hybridized carbons (Fsp3) is 0.600. The van der Waals surface area contributed by atoms with Gasteiger partial charge in [-0.25, -0.2) is 4.39 Å². The minimum absolute atomic E-state index is 0.224. The molecule has 0 fully saturated rings. The quantitative estimate of drug-likeness (QED) is 0.558. The summed E-state index contributed by atoms with van der Waals surface area (Å²) in [6.07, 6.45) is 0.424. The second kappa shape index (κ2) is 6.95. The Morgan fingerprint density at radius 2 is 2.19 bits per heavy atom. The summed E-state index contributed by atoms with van der Waals surface area (Å²) in [5, 5.41) is 13.0. The Balaban J connectivity index is 4.90. The van der Waals surface area contributed by atoms with Gasteiger partial charge in [0.1, 0.15) is 0 Å². The Morgan fingerprint density at radius 1 is 1.62 bits per heavy atom. The zero-order chi connectivity index (χ0) is 12.7. The van der Waals surface area contributed by atoms with Gasteiger partial charge < -0.3 is 10.1 Å². The summed E-state index contributed by atoms with van der Waals surface area (Å²) in [5.74, 6) is 0. The standard InChI is InChI=1S/C10H17FN2O3/c1-7(13(14)15)5-10(11)9(6-12-3)8(2)16-4/h5-6,8,10,12H,1-4H3/b7-5?,9-6+. The van der Waals surface area contributed by atoms with E-state index in [-0.39, 0.29) is 5.70 Å². The molecule has 16 heavy (non-hydrogen) atoms. The van der Waals surface area contributed by atoms with Crippen molar-refractivity contribution in [2.45, 2.75) is 26.1 Å². The van der Waals surface area contributed by atoms with Crippen molar-refractivity contribution in [2.24, 2.45) is 0 Å². The zero-order valence-electron chi connectivity index (χ0n) is 9.86. The molecule has 5 nitrogen and oxygen atoms in total. The fourth-order valence-corrected chi connectivity index (χ4v) is 1.09. The zero-order valence-corrected chi connectivity index (χ0v) is 9.86. The number of nitrogens with zero attached hydrogens (tertiary/aromatic N) is 1. The lowest BCUT2D eigenvalue weighted by molar-refractivity contribution is -0.424. The van der Waals surface area contributed by atoms with Crippen LogP contribution in [0.3, 0.4) is 0 Å². The number of alkyl halides is 1. The molecule has 0 rings (SSSR count). The normalized spacial score (nSPS) is 16.8. The van der Waals surface area contributed by atoms with E-state index in [1.807, 2.05) is 0 Å². The lowest BCUT2D eigenvalue weighted by Gasteiger charge is -2.16. The van der Waals surface area contributed by atoms with Crippen LogP contribution in [0.15, 0.2) is 23.5 Å². The first-order chi connectivity index (χ1) is 7.43. The SMILES string of the molecule is CN/C=C(/C(F)C=C(C)[N+](=O)[O-])C(C)OC. The maximum absolute atomic E-state index is 13.7. The number of ether oxygens (including phenoxy) is 1. The molecule has 0 aromatic heterocycles. The molecule has 0 saturated carbocycles. The first-order valence-electron chi connectivity index (χ1n) is 4.80. The van der Waals surface area contributed by atoms with Crippen molar-refractivity contribution in [3.63, 3.8) is 0 Å². The largest absolute Gasteiger partial charge is 0.394 e. The van der Waals surface area contributed by atoms with Gasteiger partial charge in [0.15, 0.2) is 6.17 Å². The van der Waals surface area contributed by atoms with E-state index in [9.17, 15) is 14.5 Å². The Labute approximate surface area is 94.1 Å². The average Bonchev–Trinajstić information content (AvgIpc) is 2.24. The van der Waals surface area contributed by atoms with E-state index in [4.69, 9.17) is 4.74 Å². The van der Waals surface area contributed by atoms with Gasteiger partial charge in [0.05, 0.1) is 11.0 Å². The second-order valence-electron chi connectivity index (χ2n) is 3.28. The molecule has 0 radical (unpaired) electrons. The van der Waals surface area contributed by atoms with Gasteiger partial charge in [-0.3, -0.25) is 10.1 Å². The molecule has 0 aromatic rings. The van der Waals surface area contributed by atoms with Crippen LogP contribution in [0.4, 0.5) is 4.39 Å². The van der Waals surface area contributed by atoms with Crippen molar-refractivity contribution in [3.8, 4) is 0 Å². The van der Waals surface area contributed by atoms with Crippen molar-refractivity contribution in [1.29, 1.82) is 0 Å². The van der Waals surface area contributed by atoms with Crippen LogP contribution in [0.2, 0.25) is 0 Å². The van der Waals surface area contributed by atoms with Crippen molar-refractivity contribution in [3.05, 3.63) is 33.7 Å².